The van der Waals surface area contributed by atoms with Crippen LogP contribution < -0.4 is 5.32 Å². The summed E-state index contributed by atoms with van der Waals surface area (Å²) < 4.78 is 0. The number of carbonyl (C=O) groups excluding carboxylic acids is 1. The minimum Gasteiger partial charge on any atom is -0.316 e. The molecule has 0 radical (unpaired) electrons. The number of carbonyl (C=O) groups is 1. The minimum absolute atomic E-state index is 0.232. The second-order valence-corrected chi connectivity index (χ2v) is 4.17. The van der Waals surface area contributed by atoms with E-state index in [1.165, 1.54) is 0 Å². The molecule has 0 spiro atoms. The molecule has 0 aliphatic heterocycles. The number of hydrogen-bond acceptors (Lipinski definition) is 3. The fourth-order valence-electron chi connectivity index (χ4n) is 1.90. The molecule has 0 atom stereocenters. The van der Waals surface area contributed by atoms with Gasteiger partial charge in [-0.25, -0.2) is 5.01 Å². The van der Waals surface area contributed by atoms with Crippen LogP contribution in [0.1, 0.15) is 47.0 Å². The van der Waals surface area contributed by atoms with Crippen LogP contribution in [0.2, 0.25) is 0 Å². The first-order valence-corrected chi connectivity index (χ1v) is 6.97. The standard InChI is InChI=1S/C13H29N3O/c1-5-11-15(12-6-2)16(8-4)13(17)9-10-14-7-3/h14H,5-12H2,1-4H3. The second kappa shape index (κ2) is 10.5. The highest BCUT2D eigenvalue weighted by Crippen LogP contribution is 2.04. The highest BCUT2D eigenvalue weighted by molar-refractivity contribution is 5.75. The summed E-state index contributed by atoms with van der Waals surface area (Å²) in [5.41, 5.74) is 0. The molecule has 0 aromatic carbocycles. The van der Waals surface area contributed by atoms with Crippen molar-refractivity contribution in [2.75, 3.05) is 32.7 Å². The highest BCUT2D eigenvalue weighted by atomic mass is 16.2. The molecule has 0 saturated carbocycles. The zero-order valence-electron chi connectivity index (χ0n) is 12.0. The smallest absolute Gasteiger partial charge is 0.238 e. The Morgan fingerprint density at radius 3 is 2.06 bits per heavy atom. The van der Waals surface area contributed by atoms with E-state index in [0.717, 1.165) is 45.6 Å². The van der Waals surface area contributed by atoms with Crippen molar-refractivity contribution in [1.29, 1.82) is 0 Å². The summed E-state index contributed by atoms with van der Waals surface area (Å²) in [6, 6.07) is 0. The molecule has 17 heavy (non-hydrogen) atoms. The van der Waals surface area contributed by atoms with E-state index in [4.69, 9.17) is 0 Å². The Balaban J connectivity index is 4.27. The lowest BCUT2D eigenvalue weighted by Gasteiger charge is -2.34. The maximum absolute atomic E-state index is 12.1. The van der Waals surface area contributed by atoms with E-state index < -0.39 is 0 Å². The van der Waals surface area contributed by atoms with Crippen molar-refractivity contribution >= 4 is 5.91 Å². The van der Waals surface area contributed by atoms with Gasteiger partial charge in [-0.05, 0) is 26.3 Å². The van der Waals surface area contributed by atoms with Gasteiger partial charge in [0.25, 0.3) is 0 Å². The topological polar surface area (TPSA) is 35.6 Å². The van der Waals surface area contributed by atoms with Crippen molar-refractivity contribution in [3.63, 3.8) is 0 Å². The summed E-state index contributed by atoms with van der Waals surface area (Å²) in [6.07, 6.45) is 2.75. The van der Waals surface area contributed by atoms with Crippen LogP contribution >= 0.6 is 0 Å². The Morgan fingerprint density at radius 1 is 1.06 bits per heavy atom. The quantitative estimate of drug-likeness (QED) is 0.470. The molecule has 1 N–H and O–H groups in total. The summed E-state index contributed by atoms with van der Waals surface area (Å²) in [7, 11) is 0. The molecule has 4 heteroatoms. The van der Waals surface area contributed by atoms with E-state index in [0.29, 0.717) is 6.42 Å². The fourth-order valence-corrected chi connectivity index (χ4v) is 1.90. The van der Waals surface area contributed by atoms with E-state index in [2.05, 4.69) is 31.1 Å². The molecule has 0 saturated heterocycles. The number of nitrogens with zero attached hydrogens (tertiary/aromatic N) is 2. The lowest BCUT2D eigenvalue weighted by atomic mass is 10.3. The number of hydrazine groups is 1. The summed E-state index contributed by atoms with van der Waals surface area (Å²) in [4.78, 5) is 12.1. The van der Waals surface area contributed by atoms with E-state index in [9.17, 15) is 4.79 Å². The molecule has 4 nitrogen and oxygen atoms in total. The first-order valence-electron chi connectivity index (χ1n) is 6.97. The van der Waals surface area contributed by atoms with Gasteiger partial charge in [-0.15, -0.1) is 0 Å². The average Bonchev–Trinajstić information content (AvgIpc) is 2.31. The van der Waals surface area contributed by atoms with Gasteiger partial charge in [0.1, 0.15) is 0 Å². The van der Waals surface area contributed by atoms with Crippen LogP contribution in [0.4, 0.5) is 0 Å². The molecular formula is C13H29N3O. The van der Waals surface area contributed by atoms with Crippen LogP contribution in [0.15, 0.2) is 0 Å². The Morgan fingerprint density at radius 2 is 1.65 bits per heavy atom. The molecule has 102 valence electrons. The fraction of sp³-hybridized carbons (Fsp3) is 0.923. The molecule has 0 aromatic rings. The van der Waals surface area contributed by atoms with Gasteiger partial charge in [-0.3, -0.25) is 9.80 Å². The predicted molar refractivity (Wildman–Crippen MR) is 72.7 cm³/mol. The van der Waals surface area contributed by atoms with Crippen LogP contribution in [0.3, 0.4) is 0 Å². The average molecular weight is 243 g/mol. The first-order chi connectivity index (χ1) is 8.21. The molecule has 1 amide bonds. The van der Waals surface area contributed by atoms with Crippen LogP contribution in [-0.4, -0.2) is 48.6 Å². The van der Waals surface area contributed by atoms with Crippen molar-refractivity contribution in [2.24, 2.45) is 0 Å². The Kier molecular flexibility index (Phi) is 10.2. The second-order valence-electron chi connectivity index (χ2n) is 4.17. The lowest BCUT2D eigenvalue weighted by Crippen LogP contribution is -2.47. The summed E-state index contributed by atoms with van der Waals surface area (Å²) in [6.45, 7) is 12.8. The molecule has 0 aliphatic carbocycles. The van der Waals surface area contributed by atoms with Gasteiger partial charge < -0.3 is 5.32 Å². The van der Waals surface area contributed by atoms with Gasteiger partial charge in [-0.2, -0.15) is 0 Å². The Hall–Kier alpha value is -0.610. The number of nitrogens with one attached hydrogen (secondary N) is 1. The van der Waals surface area contributed by atoms with Gasteiger partial charge in [0, 0.05) is 32.6 Å². The zero-order chi connectivity index (χ0) is 13.1. The molecular weight excluding hydrogens is 214 g/mol. The molecule has 0 aliphatic rings. The van der Waals surface area contributed by atoms with Crippen LogP contribution in [0.25, 0.3) is 0 Å². The predicted octanol–water partition coefficient (Wildman–Crippen LogP) is 1.87. The first kappa shape index (κ1) is 16.4. The Labute approximate surface area is 106 Å². The van der Waals surface area contributed by atoms with Crippen molar-refractivity contribution in [1.82, 2.24) is 15.3 Å². The van der Waals surface area contributed by atoms with Crippen LogP contribution in [-0.2, 0) is 4.79 Å². The van der Waals surface area contributed by atoms with E-state index in [1.807, 2.05) is 11.9 Å². The van der Waals surface area contributed by atoms with Crippen molar-refractivity contribution < 1.29 is 4.79 Å². The van der Waals surface area contributed by atoms with Crippen molar-refractivity contribution in [2.45, 2.75) is 47.0 Å². The van der Waals surface area contributed by atoms with E-state index in [-0.39, 0.29) is 5.91 Å². The highest BCUT2D eigenvalue weighted by Gasteiger charge is 2.17. The molecule has 0 heterocycles. The summed E-state index contributed by atoms with van der Waals surface area (Å²) in [5.74, 6) is 0.232. The Bertz CT molecular complexity index is 191. The largest absolute Gasteiger partial charge is 0.316 e. The van der Waals surface area contributed by atoms with Gasteiger partial charge in [0.15, 0.2) is 0 Å². The van der Waals surface area contributed by atoms with E-state index in [1.54, 1.807) is 0 Å². The van der Waals surface area contributed by atoms with Gasteiger partial charge in [-0.1, -0.05) is 20.8 Å². The number of amides is 1. The third-order valence-corrected chi connectivity index (χ3v) is 2.66. The number of hydrogen-bond donors (Lipinski definition) is 1. The van der Waals surface area contributed by atoms with Crippen molar-refractivity contribution in [3.05, 3.63) is 0 Å². The number of rotatable bonds is 10. The maximum atomic E-state index is 12.1. The molecule has 0 fully saturated rings. The van der Waals surface area contributed by atoms with Gasteiger partial charge in [0.05, 0.1) is 0 Å². The molecule has 0 unspecified atom stereocenters. The normalized spacial score (nSPS) is 10.9. The monoisotopic (exact) mass is 243 g/mol. The van der Waals surface area contributed by atoms with Crippen molar-refractivity contribution in [3.8, 4) is 0 Å². The molecule has 0 aromatic heterocycles. The van der Waals surface area contributed by atoms with Crippen LogP contribution in [0, 0.1) is 0 Å². The summed E-state index contributed by atoms with van der Waals surface area (Å²) in [5, 5.41) is 7.29. The SMILES string of the molecule is CCCN(CCC)N(CC)C(=O)CCNCC. The minimum atomic E-state index is 0.232. The van der Waals surface area contributed by atoms with Crippen LogP contribution in [0.5, 0.6) is 0 Å². The molecule has 0 bridgehead atoms. The molecule has 0 rings (SSSR count). The van der Waals surface area contributed by atoms with Gasteiger partial charge >= 0.3 is 0 Å². The third kappa shape index (κ3) is 6.64. The van der Waals surface area contributed by atoms with E-state index >= 15 is 0 Å². The third-order valence-electron chi connectivity index (χ3n) is 2.66. The maximum Gasteiger partial charge on any atom is 0.238 e. The lowest BCUT2D eigenvalue weighted by molar-refractivity contribution is -0.148. The summed E-state index contributed by atoms with van der Waals surface area (Å²) >= 11 is 0. The van der Waals surface area contributed by atoms with Gasteiger partial charge in [0.2, 0.25) is 5.91 Å². The zero-order valence-corrected chi connectivity index (χ0v) is 12.0.